The van der Waals surface area contributed by atoms with Gasteiger partial charge in [-0.3, -0.25) is 4.79 Å². The fraction of sp³-hybridized carbons (Fsp3) is 0.615. The average molecular weight is 238 g/mol. The van der Waals surface area contributed by atoms with Crippen LogP contribution in [-0.2, 0) is 4.74 Å². The van der Waals surface area contributed by atoms with Crippen molar-refractivity contribution in [2.75, 3.05) is 6.61 Å². The van der Waals surface area contributed by atoms with E-state index in [-0.39, 0.29) is 12.4 Å². The van der Waals surface area contributed by atoms with E-state index < -0.39 is 0 Å². The Morgan fingerprint density at radius 2 is 2.12 bits per heavy atom. The highest BCUT2D eigenvalue weighted by Crippen LogP contribution is 2.23. The number of carbonyl (C=O) groups is 1. The summed E-state index contributed by atoms with van der Waals surface area (Å²) in [4.78, 5) is 14.2. The third-order valence-electron chi connectivity index (χ3n) is 3.09. The molecule has 2 rings (SSSR count). The van der Waals surface area contributed by atoms with Crippen molar-refractivity contribution in [1.29, 1.82) is 0 Å². The molecule has 88 valence electrons. The molecule has 0 radical (unpaired) electrons. The standard InChI is InChI=1S/C13H18O2S/c1-9-7-12(10(2)16-9)13(14)8-15-11-5-3-4-6-11/h7,11H,3-6,8H2,1-2H3. The van der Waals surface area contributed by atoms with Gasteiger partial charge in [0, 0.05) is 15.3 Å². The molecule has 0 bridgehead atoms. The van der Waals surface area contributed by atoms with E-state index >= 15 is 0 Å². The van der Waals surface area contributed by atoms with Crippen LogP contribution in [0.5, 0.6) is 0 Å². The quantitative estimate of drug-likeness (QED) is 0.750. The van der Waals surface area contributed by atoms with Crippen LogP contribution < -0.4 is 0 Å². The normalized spacial score (nSPS) is 16.9. The van der Waals surface area contributed by atoms with Gasteiger partial charge in [-0.05, 0) is 32.8 Å². The molecule has 0 N–H and O–H groups in total. The van der Waals surface area contributed by atoms with Crippen molar-refractivity contribution in [3.05, 3.63) is 21.4 Å². The Kier molecular flexibility index (Phi) is 3.77. The van der Waals surface area contributed by atoms with E-state index in [9.17, 15) is 4.79 Å². The van der Waals surface area contributed by atoms with Gasteiger partial charge in [0.15, 0.2) is 5.78 Å². The number of thiophene rings is 1. The molecule has 0 spiro atoms. The zero-order chi connectivity index (χ0) is 11.5. The minimum Gasteiger partial charge on any atom is -0.370 e. The summed E-state index contributed by atoms with van der Waals surface area (Å²) in [5.74, 6) is 0.133. The zero-order valence-electron chi connectivity index (χ0n) is 9.91. The summed E-state index contributed by atoms with van der Waals surface area (Å²) in [6, 6.07) is 1.97. The second-order valence-corrected chi connectivity index (χ2v) is 5.93. The first-order valence-corrected chi connectivity index (χ1v) is 6.70. The van der Waals surface area contributed by atoms with Gasteiger partial charge in [0.25, 0.3) is 0 Å². The molecule has 1 aliphatic carbocycles. The van der Waals surface area contributed by atoms with Crippen LogP contribution in [0.15, 0.2) is 6.07 Å². The first kappa shape index (κ1) is 11.8. The van der Waals surface area contributed by atoms with Gasteiger partial charge in [0.05, 0.1) is 6.10 Å². The van der Waals surface area contributed by atoms with E-state index in [2.05, 4.69) is 0 Å². The number of carbonyl (C=O) groups excluding carboxylic acids is 1. The average Bonchev–Trinajstić information content (AvgIpc) is 2.84. The number of hydrogen-bond donors (Lipinski definition) is 0. The fourth-order valence-corrected chi connectivity index (χ4v) is 3.18. The minimum atomic E-state index is 0.133. The summed E-state index contributed by atoms with van der Waals surface area (Å²) < 4.78 is 5.64. The highest BCUT2D eigenvalue weighted by atomic mass is 32.1. The van der Waals surface area contributed by atoms with E-state index in [1.165, 1.54) is 17.7 Å². The highest BCUT2D eigenvalue weighted by Gasteiger charge is 2.18. The van der Waals surface area contributed by atoms with Gasteiger partial charge in [-0.15, -0.1) is 11.3 Å². The van der Waals surface area contributed by atoms with Crippen molar-refractivity contribution in [2.45, 2.75) is 45.6 Å². The van der Waals surface area contributed by atoms with Gasteiger partial charge in [-0.25, -0.2) is 0 Å². The lowest BCUT2D eigenvalue weighted by atomic mass is 10.2. The maximum absolute atomic E-state index is 11.9. The largest absolute Gasteiger partial charge is 0.370 e. The van der Waals surface area contributed by atoms with Crippen LogP contribution in [0.2, 0.25) is 0 Å². The minimum absolute atomic E-state index is 0.133. The molecule has 1 aromatic heterocycles. The Balaban J connectivity index is 1.90. The lowest BCUT2D eigenvalue weighted by Crippen LogP contribution is -2.15. The molecular weight excluding hydrogens is 220 g/mol. The molecule has 0 aliphatic heterocycles. The molecule has 1 aliphatic rings. The van der Waals surface area contributed by atoms with Gasteiger partial charge >= 0.3 is 0 Å². The molecule has 0 saturated heterocycles. The predicted molar refractivity (Wildman–Crippen MR) is 66.3 cm³/mol. The molecule has 3 heteroatoms. The molecule has 0 aromatic carbocycles. The SMILES string of the molecule is Cc1cc(C(=O)COC2CCCC2)c(C)s1. The van der Waals surface area contributed by atoms with Crippen molar-refractivity contribution in [3.8, 4) is 0 Å². The highest BCUT2D eigenvalue weighted by molar-refractivity contribution is 7.12. The summed E-state index contributed by atoms with van der Waals surface area (Å²) in [7, 11) is 0. The molecule has 1 heterocycles. The van der Waals surface area contributed by atoms with E-state index in [0.717, 1.165) is 23.3 Å². The van der Waals surface area contributed by atoms with E-state index in [4.69, 9.17) is 4.74 Å². The number of ketones is 1. The summed E-state index contributed by atoms with van der Waals surface area (Å²) in [5.41, 5.74) is 0.848. The van der Waals surface area contributed by atoms with Crippen molar-refractivity contribution in [3.63, 3.8) is 0 Å². The molecular formula is C13H18O2S. The number of hydrogen-bond acceptors (Lipinski definition) is 3. The molecule has 0 amide bonds. The summed E-state index contributed by atoms with van der Waals surface area (Å²) >= 11 is 1.68. The Labute approximate surface area is 101 Å². The van der Waals surface area contributed by atoms with E-state index in [1.54, 1.807) is 11.3 Å². The summed E-state index contributed by atoms with van der Waals surface area (Å²) in [6.07, 6.45) is 5.05. The van der Waals surface area contributed by atoms with Gasteiger partial charge in [-0.1, -0.05) is 12.8 Å². The third kappa shape index (κ3) is 2.71. The second-order valence-electron chi connectivity index (χ2n) is 4.47. The van der Waals surface area contributed by atoms with Gasteiger partial charge in [-0.2, -0.15) is 0 Å². The number of ether oxygens (including phenoxy) is 1. The van der Waals surface area contributed by atoms with Gasteiger partial charge in [0.2, 0.25) is 0 Å². The van der Waals surface area contributed by atoms with Gasteiger partial charge < -0.3 is 4.74 Å². The van der Waals surface area contributed by atoms with E-state index in [0.29, 0.717) is 6.10 Å². The zero-order valence-corrected chi connectivity index (χ0v) is 10.7. The number of rotatable bonds is 4. The van der Waals surface area contributed by atoms with Crippen molar-refractivity contribution in [2.24, 2.45) is 0 Å². The molecule has 1 saturated carbocycles. The van der Waals surface area contributed by atoms with Crippen LogP contribution in [0.3, 0.4) is 0 Å². The van der Waals surface area contributed by atoms with Crippen LogP contribution in [0.25, 0.3) is 0 Å². The lowest BCUT2D eigenvalue weighted by molar-refractivity contribution is 0.0482. The molecule has 2 nitrogen and oxygen atoms in total. The summed E-state index contributed by atoms with van der Waals surface area (Å²) in [5, 5.41) is 0. The van der Waals surface area contributed by atoms with E-state index in [1.807, 2.05) is 19.9 Å². The molecule has 16 heavy (non-hydrogen) atoms. The van der Waals surface area contributed by atoms with Crippen LogP contribution in [0.4, 0.5) is 0 Å². The second kappa shape index (κ2) is 5.11. The smallest absolute Gasteiger partial charge is 0.189 e. The van der Waals surface area contributed by atoms with Crippen LogP contribution in [-0.4, -0.2) is 18.5 Å². The predicted octanol–water partition coefficient (Wildman–Crippen LogP) is 3.51. The molecule has 1 aromatic rings. The van der Waals surface area contributed by atoms with Gasteiger partial charge in [0.1, 0.15) is 6.61 Å². The molecule has 0 atom stereocenters. The maximum atomic E-state index is 11.9. The fourth-order valence-electron chi connectivity index (χ4n) is 2.23. The van der Waals surface area contributed by atoms with Crippen molar-refractivity contribution >= 4 is 17.1 Å². The molecule has 0 unspecified atom stereocenters. The number of Topliss-reactive ketones (excluding diaryl/α,β-unsaturated/α-hetero) is 1. The molecule has 1 fully saturated rings. The Hall–Kier alpha value is -0.670. The Bertz CT molecular complexity index is 375. The van der Waals surface area contributed by atoms with Crippen molar-refractivity contribution < 1.29 is 9.53 Å². The monoisotopic (exact) mass is 238 g/mol. The lowest BCUT2D eigenvalue weighted by Gasteiger charge is -2.09. The Morgan fingerprint density at radius 3 is 2.69 bits per heavy atom. The third-order valence-corrected chi connectivity index (χ3v) is 4.06. The Morgan fingerprint density at radius 1 is 1.44 bits per heavy atom. The first-order chi connectivity index (χ1) is 7.66. The van der Waals surface area contributed by atoms with Crippen LogP contribution >= 0.6 is 11.3 Å². The maximum Gasteiger partial charge on any atom is 0.189 e. The number of aryl methyl sites for hydroxylation is 2. The topological polar surface area (TPSA) is 26.3 Å². The van der Waals surface area contributed by atoms with Crippen molar-refractivity contribution in [1.82, 2.24) is 0 Å². The summed E-state index contributed by atoms with van der Waals surface area (Å²) in [6.45, 7) is 4.29. The van der Waals surface area contributed by atoms with Crippen LogP contribution in [0.1, 0.15) is 45.8 Å². The first-order valence-electron chi connectivity index (χ1n) is 5.88. The van der Waals surface area contributed by atoms with Crippen LogP contribution in [0, 0.1) is 13.8 Å².